The summed E-state index contributed by atoms with van der Waals surface area (Å²) in [7, 11) is -3.34. The molecule has 98 valence electrons. The predicted molar refractivity (Wildman–Crippen MR) is 67.0 cm³/mol. The van der Waals surface area contributed by atoms with Gasteiger partial charge in [-0.1, -0.05) is 24.3 Å². The SMILES string of the molecule is O=S(=O)(N1CCOCC1)N1Cc2ccccc2C1. The molecule has 0 atom stereocenters. The van der Waals surface area contributed by atoms with E-state index in [-0.39, 0.29) is 0 Å². The Kier molecular flexibility index (Phi) is 3.11. The smallest absolute Gasteiger partial charge is 0.282 e. The van der Waals surface area contributed by atoms with Gasteiger partial charge in [-0.3, -0.25) is 0 Å². The predicted octanol–water partition coefficient (Wildman–Crippen LogP) is 0.579. The van der Waals surface area contributed by atoms with Gasteiger partial charge in [-0.05, 0) is 11.1 Å². The molecule has 18 heavy (non-hydrogen) atoms. The fraction of sp³-hybridized carbons (Fsp3) is 0.500. The molecule has 3 rings (SSSR count). The van der Waals surface area contributed by atoms with Gasteiger partial charge < -0.3 is 4.74 Å². The van der Waals surface area contributed by atoms with E-state index in [1.807, 2.05) is 24.3 Å². The number of ether oxygens (including phenoxy) is 1. The summed E-state index contributed by atoms with van der Waals surface area (Å²) >= 11 is 0. The number of fused-ring (bicyclic) bond motifs is 1. The summed E-state index contributed by atoms with van der Waals surface area (Å²) in [4.78, 5) is 0. The van der Waals surface area contributed by atoms with Crippen LogP contribution in [0.25, 0.3) is 0 Å². The Morgan fingerprint density at radius 1 is 0.944 bits per heavy atom. The quantitative estimate of drug-likeness (QED) is 0.788. The first-order valence-corrected chi connectivity index (χ1v) is 7.47. The summed E-state index contributed by atoms with van der Waals surface area (Å²) in [5, 5.41) is 0. The van der Waals surface area contributed by atoms with E-state index in [1.54, 1.807) is 4.31 Å². The molecule has 2 aliphatic rings. The van der Waals surface area contributed by atoms with Crippen LogP contribution in [0.5, 0.6) is 0 Å². The van der Waals surface area contributed by atoms with Crippen LogP contribution in [0, 0.1) is 0 Å². The maximum atomic E-state index is 12.5. The lowest BCUT2D eigenvalue weighted by molar-refractivity contribution is 0.0701. The van der Waals surface area contributed by atoms with Crippen LogP contribution in [-0.4, -0.2) is 43.3 Å². The lowest BCUT2D eigenvalue weighted by atomic mass is 10.1. The lowest BCUT2D eigenvalue weighted by Gasteiger charge is -2.29. The standard InChI is InChI=1S/C12H16N2O3S/c15-18(16,13-5-7-17-8-6-13)14-9-11-3-1-2-4-12(11)10-14/h1-4H,5-10H2. The molecule has 0 aliphatic carbocycles. The van der Waals surface area contributed by atoms with E-state index in [0.717, 1.165) is 11.1 Å². The highest BCUT2D eigenvalue weighted by Gasteiger charge is 2.34. The highest BCUT2D eigenvalue weighted by atomic mass is 32.2. The first-order chi connectivity index (χ1) is 8.68. The third kappa shape index (κ3) is 2.05. The van der Waals surface area contributed by atoms with Gasteiger partial charge in [0, 0.05) is 26.2 Å². The largest absolute Gasteiger partial charge is 0.379 e. The molecule has 0 aromatic heterocycles. The fourth-order valence-corrected chi connectivity index (χ4v) is 3.95. The highest BCUT2D eigenvalue weighted by molar-refractivity contribution is 7.86. The summed E-state index contributed by atoms with van der Waals surface area (Å²) in [6.07, 6.45) is 0. The van der Waals surface area contributed by atoms with Gasteiger partial charge in [-0.25, -0.2) is 0 Å². The van der Waals surface area contributed by atoms with Crippen molar-refractivity contribution >= 4 is 10.2 Å². The fourth-order valence-electron chi connectivity index (χ4n) is 2.41. The maximum absolute atomic E-state index is 12.5. The van der Waals surface area contributed by atoms with E-state index in [9.17, 15) is 8.42 Å². The van der Waals surface area contributed by atoms with Crippen molar-refractivity contribution in [3.8, 4) is 0 Å². The molecule has 6 heteroatoms. The molecule has 1 aromatic rings. The summed E-state index contributed by atoms with van der Waals surface area (Å²) in [6, 6.07) is 7.88. The normalized spacial score (nSPS) is 22.0. The van der Waals surface area contributed by atoms with Gasteiger partial charge in [0.05, 0.1) is 13.2 Å². The van der Waals surface area contributed by atoms with E-state index < -0.39 is 10.2 Å². The zero-order chi connectivity index (χ0) is 12.6. The van der Waals surface area contributed by atoms with Crippen molar-refractivity contribution in [3.05, 3.63) is 35.4 Å². The summed E-state index contributed by atoms with van der Waals surface area (Å²) in [5.74, 6) is 0. The lowest BCUT2D eigenvalue weighted by Crippen LogP contribution is -2.46. The van der Waals surface area contributed by atoms with E-state index in [0.29, 0.717) is 39.4 Å². The molecule has 5 nitrogen and oxygen atoms in total. The Balaban J connectivity index is 1.80. The molecule has 1 saturated heterocycles. The summed E-state index contributed by atoms with van der Waals surface area (Å²) < 4.78 is 33.2. The van der Waals surface area contributed by atoms with E-state index in [4.69, 9.17) is 4.74 Å². The number of nitrogens with zero attached hydrogens (tertiary/aromatic N) is 2. The zero-order valence-electron chi connectivity index (χ0n) is 10.1. The molecule has 0 spiro atoms. The Labute approximate surface area is 107 Å². The Bertz CT molecular complexity index is 513. The number of hydrogen-bond donors (Lipinski definition) is 0. The molecular weight excluding hydrogens is 252 g/mol. The average Bonchev–Trinajstić information content (AvgIpc) is 2.84. The minimum atomic E-state index is -3.34. The van der Waals surface area contributed by atoms with Crippen LogP contribution in [-0.2, 0) is 28.0 Å². The monoisotopic (exact) mass is 268 g/mol. The molecule has 0 radical (unpaired) electrons. The van der Waals surface area contributed by atoms with Gasteiger partial charge in [0.2, 0.25) is 0 Å². The highest BCUT2D eigenvalue weighted by Crippen LogP contribution is 2.26. The molecule has 2 aliphatic heterocycles. The van der Waals surface area contributed by atoms with Crippen LogP contribution >= 0.6 is 0 Å². The number of morpholine rings is 1. The van der Waals surface area contributed by atoms with E-state index >= 15 is 0 Å². The first kappa shape index (κ1) is 12.1. The molecule has 0 bridgehead atoms. The number of hydrogen-bond acceptors (Lipinski definition) is 3. The van der Waals surface area contributed by atoms with Crippen molar-refractivity contribution in [1.29, 1.82) is 0 Å². The third-order valence-corrected chi connectivity index (χ3v) is 5.36. The maximum Gasteiger partial charge on any atom is 0.282 e. The molecule has 1 aromatic carbocycles. The molecular formula is C12H16N2O3S. The molecule has 1 fully saturated rings. The second kappa shape index (κ2) is 4.62. The summed E-state index contributed by atoms with van der Waals surface area (Å²) in [5.41, 5.74) is 2.21. The Morgan fingerprint density at radius 2 is 1.50 bits per heavy atom. The van der Waals surface area contributed by atoms with Crippen LogP contribution in [0.2, 0.25) is 0 Å². The van der Waals surface area contributed by atoms with E-state index in [1.165, 1.54) is 4.31 Å². The first-order valence-electron chi connectivity index (χ1n) is 6.08. The second-order valence-corrected chi connectivity index (χ2v) is 6.48. The Morgan fingerprint density at radius 3 is 2.06 bits per heavy atom. The van der Waals surface area contributed by atoms with Crippen LogP contribution in [0.4, 0.5) is 0 Å². The number of benzene rings is 1. The number of rotatable bonds is 2. The van der Waals surface area contributed by atoms with Crippen molar-refractivity contribution in [2.75, 3.05) is 26.3 Å². The van der Waals surface area contributed by atoms with Crippen molar-refractivity contribution in [3.63, 3.8) is 0 Å². The van der Waals surface area contributed by atoms with Gasteiger partial charge in [-0.15, -0.1) is 0 Å². The van der Waals surface area contributed by atoms with Crippen molar-refractivity contribution < 1.29 is 13.2 Å². The van der Waals surface area contributed by atoms with Crippen molar-refractivity contribution in [2.45, 2.75) is 13.1 Å². The second-order valence-electron chi connectivity index (χ2n) is 4.56. The molecule has 0 unspecified atom stereocenters. The van der Waals surface area contributed by atoms with Crippen LogP contribution < -0.4 is 0 Å². The van der Waals surface area contributed by atoms with Crippen LogP contribution in [0.3, 0.4) is 0 Å². The molecule has 2 heterocycles. The third-order valence-electron chi connectivity index (χ3n) is 3.43. The minimum absolute atomic E-state index is 0.454. The van der Waals surface area contributed by atoms with E-state index in [2.05, 4.69) is 0 Å². The minimum Gasteiger partial charge on any atom is -0.379 e. The van der Waals surface area contributed by atoms with Gasteiger partial charge in [-0.2, -0.15) is 17.0 Å². The van der Waals surface area contributed by atoms with Crippen LogP contribution in [0.15, 0.2) is 24.3 Å². The van der Waals surface area contributed by atoms with Gasteiger partial charge in [0.1, 0.15) is 0 Å². The van der Waals surface area contributed by atoms with Crippen molar-refractivity contribution in [1.82, 2.24) is 8.61 Å². The average molecular weight is 268 g/mol. The van der Waals surface area contributed by atoms with Crippen molar-refractivity contribution in [2.24, 2.45) is 0 Å². The zero-order valence-corrected chi connectivity index (χ0v) is 10.9. The molecule has 0 N–H and O–H groups in total. The topological polar surface area (TPSA) is 49.9 Å². The summed E-state index contributed by atoms with van der Waals surface area (Å²) in [6.45, 7) is 2.84. The van der Waals surface area contributed by atoms with Gasteiger partial charge in [0.25, 0.3) is 10.2 Å². The molecule has 0 amide bonds. The van der Waals surface area contributed by atoms with Gasteiger partial charge in [0.15, 0.2) is 0 Å². The van der Waals surface area contributed by atoms with Crippen LogP contribution in [0.1, 0.15) is 11.1 Å². The van der Waals surface area contributed by atoms with Gasteiger partial charge >= 0.3 is 0 Å². The molecule has 0 saturated carbocycles. The Hall–Kier alpha value is -0.950.